The Kier molecular flexibility index (Phi) is 11.2. The first-order valence-corrected chi connectivity index (χ1v) is 44.2. The van der Waals surface area contributed by atoms with E-state index >= 15 is 0 Å². The summed E-state index contributed by atoms with van der Waals surface area (Å²) in [7, 11) is 7.08. The lowest BCUT2D eigenvalue weighted by atomic mass is 9.63. The third kappa shape index (κ3) is 13.4. The molecule has 0 unspecified atom stereocenters. The molecule has 4 aliphatic rings. The van der Waals surface area contributed by atoms with E-state index in [2.05, 4.69) is 0 Å². The fourth-order valence-corrected chi connectivity index (χ4v) is 21.5. The third-order valence-corrected chi connectivity index (χ3v) is 27.9. The summed E-state index contributed by atoms with van der Waals surface area (Å²) in [6, 6.07) is 63.9. The number of hydrogen-bond donors (Lipinski definition) is 0. The lowest BCUT2D eigenvalue weighted by Gasteiger charge is -2.40. The SMILES string of the molecule is [2H]C([2H])([2H])CC1(CC([2H])([2H])[2H])c2ccccc2-c2c1ccc1c2oc2c(-c3cc(C([2H])([2H])[2H])cc[n+]3C)c(C)ccc21.[2H]C([2H])([2H])c1cc[n+](C)c(-c2c(C)ccc3c2oc2c4c(ccc23)C(C([2H])(C([2H])([2H])[2H])C([2H])([2H])[2H])(C([2H])(C([2H])([2H])[2H])C([2H])([2H])[2H])c2ccccc2-4)c1.[2H]C([2H])([2H])c1cc[n+](C)c(-c2c(C)ccc3c2oc2c4c(ccc23)C(C([2H])([2H])C([2H])(C([2H])([2H])[2H])C([2H])([2H])[2H])(C([2H])([2H])C([2H])(C([2H])([2H])[2H])C([2H])([2H])[2H])c2ccccc2-4)c1.[2H]C([2H])([2H])c1cc[n+](C)c(-c2c(C)ccc3c2oc2c4c(ccc23)C(C([2H])([2H])[2H])(C([2H])([2H])[2H])c2ccccc2-4)c1. The van der Waals surface area contributed by atoms with Crippen molar-refractivity contribution in [2.75, 3.05) is 0 Å². The van der Waals surface area contributed by atoms with Crippen LogP contribution in [0.25, 0.3) is 177 Å². The van der Waals surface area contributed by atoms with Crippen molar-refractivity contribution in [2.24, 2.45) is 51.8 Å². The van der Waals surface area contributed by atoms with E-state index in [0.29, 0.717) is 128 Å². The van der Waals surface area contributed by atoms with Crippen LogP contribution in [0.2, 0.25) is 0 Å². The van der Waals surface area contributed by atoms with Crippen LogP contribution in [-0.4, -0.2) is 0 Å². The van der Waals surface area contributed by atoms with Crippen LogP contribution in [-0.2, 0) is 49.9 Å². The summed E-state index contributed by atoms with van der Waals surface area (Å²) in [4.78, 5) is 0. The van der Waals surface area contributed by atoms with Crippen LogP contribution in [0.3, 0.4) is 0 Å². The van der Waals surface area contributed by atoms with Gasteiger partial charge in [0, 0.05) is 212 Å². The number of aromatic nitrogens is 4. The van der Waals surface area contributed by atoms with Gasteiger partial charge in [0.15, 0.2) is 24.8 Å². The van der Waals surface area contributed by atoms with E-state index in [1.54, 1.807) is 147 Å². The van der Waals surface area contributed by atoms with Gasteiger partial charge in [0.05, 0.1) is 22.3 Å². The molecule has 24 rings (SSSR count). The maximum absolute atomic E-state index is 9.72. The quantitative estimate of drug-likeness (QED) is 0.114. The molecule has 20 aromatic rings. The summed E-state index contributed by atoms with van der Waals surface area (Å²) in [5.41, 5.74) is 1.59. The summed E-state index contributed by atoms with van der Waals surface area (Å²) in [5, 5.41) is 4.72. The molecule has 0 saturated heterocycles. The molecule has 4 aliphatic carbocycles. The zero-order valence-corrected chi connectivity index (χ0v) is 75.2. The maximum Gasteiger partial charge on any atom is 0.216 e. The van der Waals surface area contributed by atoms with Gasteiger partial charge in [-0.2, -0.15) is 0 Å². The summed E-state index contributed by atoms with van der Waals surface area (Å²) >= 11 is 0. The van der Waals surface area contributed by atoms with Crippen molar-refractivity contribution in [2.45, 2.75) is 185 Å². The lowest BCUT2D eigenvalue weighted by Crippen LogP contribution is -2.37. The third-order valence-electron chi connectivity index (χ3n) is 27.9. The van der Waals surface area contributed by atoms with Crippen molar-refractivity contribution >= 4 is 87.8 Å². The zero-order chi connectivity index (χ0) is 142. The van der Waals surface area contributed by atoms with E-state index in [1.807, 2.05) is 97.7 Å². The highest BCUT2D eigenvalue weighted by molar-refractivity contribution is 6.19. The summed E-state index contributed by atoms with van der Waals surface area (Å²) < 4.78 is 508. The minimum Gasteiger partial charge on any atom is -0.454 e. The Bertz CT molecular complexity index is 10700. The van der Waals surface area contributed by atoms with Gasteiger partial charge in [-0.3, -0.25) is 0 Å². The Morgan fingerprint density at radius 3 is 0.904 bits per heavy atom. The van der Waals surface area contributed by atoms with Crippen molar-refractivity contribution in [1.29, 1.82) is 0 Å². The standard InChI is InChI=1S/C35H38NO.C33H34NO.C31H30NO.C29H26NO/c1-21(2)19-35(20-22(3)4)28-11-9-8-10-27(28)32-29(35)15-14-26-25-13-12-24(6)31(33(25)37-34(26)32)30-18-23(5)16-17-36(30)7;1-19(2)33(20(3)4)26-11-9-8-10-25(26)30-27(33)15-14-24-23-13-12-22(6)29(31(23)35-32(24)30)28-18-21(5)16-17-34(28)7;1-6-31(7-2)24-11-9-8-10-23(24)28-25(31)15-14-22-21-13-12-20(4)27(29(21)33-30(22)28)26-18-19(3)16-17-32(26)5;1-17-14-15-30(5)24(16-17)25-18(2)10-11-19-20-12-13-23-26(28(20)31-27(19)25)21-8-6-7-9-22(21)29(23,3)4/h8-18,21-22H,19-20H2,1-7H3;8-20H,1-7H3;8-18H,6-7H2,1-5H3;6-16H,1-5H3/q4*+1/i1D3,2D3,3D3,4D3,5D3,19D2,20D2,21D,22D;1D3,2D3,3D3,4D3,5D3,19D,20D;1D3,2D3,3D3;1D3,3D3,4D3. The largest absolute Gasteiger partial charge is 0.454 e. The van der Waals surface area contributed by atoms with Gasteiger partial charge in [-0.15, -0.1) is 0 Å². The minimum absolute atomic E-state index is 0.000159. The number of fused-ring (bicyclic) bond motifs is 28. The Morgan fingerprint density at radius 1 is 0.287 bits per heavy atom. The van der Waals surface area contributed by atoms with Crippen LogP contribution in [0.1, 0.15) is 274 Å². The van der Waals surface area contributed by atoms with Crippen LogP contribution in [0.4, 0.5) is 0 Å². The van der Waals surface area contributed by atoms with Gasteiger partial charge in [-0.25, -0.2) is 18.3 Å². The molecule has 0 N–H and O–H groups in total. The zero-order valence-electron chi connectivity index (χ0n) is 131. The summed E-state index contributed by atoms with van der Waals surface area (Å²) in [6.07, 6.45) is -2.67. The second kappa shape index (κ2) is 33.2. The number of hydrogen-bond acceptors (Lipinski definition) is 4. The first kappa shape index (κ1) is 45.9. The Balaban J connectivity index is 0.000000143. The van der Waals surface area contributed by atoms with E-state index in [4.69, 9.17) is 83.5 Å². The molecule has 8 aromatic heterocycles. The second-order valence-corrected chi connectivity index (χ2v) is 35.7. The molecule has 0 atom stereocenters. The molecule has 8 nitrogen and oxygen atoms in total. The Labute approximate surface area is 880 Å². The molecule has 0 fully saturated rings. The average molecular weight is 1840 g/mol. The van der Waals surface area contributed by atoms with Gasteiger partial charge in [0.1, 0.15) is 72.9 Å². The number of furan rings is 4. The fourth-order valence-electron chi connectivity index (χ4n) is 21.5. The van der Waals surface area contributed by atoms with Crippen molar-refractivity contribution in [3.8, 4) is 89.5 Å². The molecule has 0 amide bonds. The number of aryl methyl sites for hydroxylation is 12. The molecule has 8 heteroatoms. The van der Waals surface area contributed by atoms with Gasteiger partial charge in [0.2, 0.25) is 22.8 Å². The molecular weight excluding hydrogens is 1660 g/mol. The Morgan fingerprint density at radius 2 is 0.566 bits per heavy atom. The molecule has 0 radical (unpaired) electrons. The van der Waals surface area contributed by atoms with Crippen LogP contribution >= 0.6 is 0 Å². The van der Waals surface area contributed by atoms with E-state index in [1.165, 1.54) is 84.9 Å². The number of benzene rings is 12. The summed E-state index contributed by atoms with van der Waals surface area (Å²) in [5.74, 6) is -16.5. The highest BCUT2D eigenvalue weighted by Gasteiger charge is 2.51. The monoisotopic (exact) mass is 1840 g/mol. The van der Waals surface area contributed by atoms with E-state index in [9.17, 15) is 11.0 Å². The van der Waals surface area contributed by atoms with Gasteiger partial charge < -0.3 is 17.7 Å². The number of rotatable bonds is 12. The van der Waals surface area contributed by atoms with Crippen LogP contribution in [0.5, 0.6) is 0 Å². The van der Waals surface area contributed by atoms with Gasteiger partial charge in [-0.1, -0.05) is 276 Å². The van der Waals surface area contributed by atoms with Gasteiger partial charge in [0.25, 0.3) is 0 Å². The fraction of sp³-hybridized carbons (Fsp3) is 0.281. The number of nitrogens with zero attached hydrogens (tertiary/aromatic N) is 4. The normalized spacial score (nSPS) is 22.3. The molecule has 0 spiro atoms. The van der Waals surface area contributed by atoms with Gasteiger partial charge in [-0.05, 0) is 216 Å². The predicted molar refractivity (Wildman–Crippen MR) is 565 cm³/mol. The lowest BCUT2D eigenvalue weighted by molar-refractivity contribution is -0.660. The Hall–Kier alpha value is -13.6. The maximum atomic E-state index is 9.72. The van der Waals surface area contributed by atoms with Crippen LogP contribution < -0.4 is 18.3 Å². The minimum atomic E-state index is -4.31. The van der Waals surface area contributed by atoms with Crippen molar-refractivity contribution in [3.63, 3.8) is 0 Å². The van der Waals surface area contributed by atoms with Crippen molar-refractivity contribution in [3.05, 3.63) is 356 Å². The van der Waals surface area contributed by atoms with Crippen molar-refractivity contribution in [1.82, 2.24) is 0 Å². The number of pyridine rings is 4. The smallest absolute Gasteiger partial charge is 0.216 e. The van der Waals surface area contributed by atoms with Crippen LogP contribution in [0.15, 0.2) is 285 Å². The highest BCUT2D eigenvalue weighted by Crippen LogP contribution is 2.63. The molecule has 0 aliphatic heterocycles. The van der Waals surface area contributed by atoms with Crippen LogP contribution in [0, 0.1) is 78.7 Å². The summed E-state index contributed by atoms with van der Waals surface area (Å²) in [6.45, 7) is -44.6. The second-order valence-electron chi connectivity index (χ2n) is 35.7. The molecule has 12 aromatic carbocycles. The molecule has 680 valence electrons. The average Bonchev–Trinajstić information content (AvgIpc) is 1.45. The van der Waals surface area contributed by atoms with E-state index < -0.39 is 190 Å². The van der Waals surface area contributed by atoms with E-state index in [-0.39, 0.29) is 90.8 Å². The topological polar surface area (TPSA) is 68.1 Å². The molecule has 8 heterocycles. The van der Waals surface area contributed by atoms with Crippen molar-refractivity contribution < 1.29 is 113 Å². The first-order chi connectivity index (χ1) is 87.8. The molecular formula is C128H128N4O4+4. The molecule has 136 heavy (non-hydrogen) atoms. The highest BCUT2D eigenvalue weighted by atomic mass is 16.3. The molecule has 0 bridgehead atoms. The van der Waals surface area contributed by atoms with Gasteiger partial charge >= 0.3 is 0 Å². The molecule has 0 saturated carbocycles. The van der Waals surface area contributed by atoms with E-state index in [0.717, 1.165) is 50.5 Å². The predicted octanol–water partition coefficient (Wildman–Crippen LogP) is 32.1. The first-order valence-electron chi connectivity index (χ1n) is 72.2.